The molecule has 2 aromatic carbocycles. The highest BCUT2D eigenvalue weighted by atomic mass is 16.6. The van der Waals surface area contributed by atoms with Crippen molar-refractivity contribution in [3.8, 4) is 11.1 Å². The summed E-state index contributed by atoms with van der Waals surface area (Å²) in [4.78, 5) is 24.0. The van der Waals surface area contributed by atoms with E-state index in [2.05, 4.69) is 12.1 Å². The second-order valence-electron chi connectivity index (χ2n) is 6.85. The average Bonchev–Trinajstić information content (AvgIpc) is 2.86. The maximum Gasteiger partial charge on any atom is 0.321 e. The molecule has 0 heterocycles. The van der Waals surface area contributed by atoms with E-state index in [0.717, 1.165) is 23.1 Å². The van der Waals surface area contributed by atoms with Crippen LogP contribution in [0.25, 0.3) is 11.1 Å². The molecule has 1 unspecified atom stereocenters. The predicted molar refractivity (Wildman–Crippen MR) is 89.3 cm³/mol. The number of hydrogen-bond acceptors (Lipinski definition) is 3. The maximum absolute atomic E-state index is 12.4. The number of ether oxygens (including phenoxy) is 1. The van der Waals surface area contributed by atoms with Crippen LogP contribution >= 0.6 is 0 Å². The molecule has 0 aromatic heterocycles. The summed E-state index contributed by atoms with van der Waals surface area (Å²) in [6, 6.07) is 14.0. The summed E-state index contributed by atoms with van der Waals surface area (Å²) in [5.74, 6) is -1.37. The lowest BCUT2D eigenvalue weighted by molar-refractivity contribution is -0.157. The number of fused-ring (bicyclic) bond motifs is 3. The molecule has 3 nitrogen and oxygen atoms in total. The SMILES string of the molecule is CC(C)(C)OC(=O)C(C=O)c1cccc2c1Cc1ccccc1-2. The Morgan fingerprint density at radius 3 is 2.48 bits per heavy atom. The number of hydrogen-bond donors (Lipinski definition) is 0. The molecule has 23 heavy (non-hydrogen) atoms. The quantitative estimate of drug-likeness (QED) is 0.419. The number of aldehydes is 1. The minimum absolute atomic E-state index is 0.489. The van der Waals surface area contributed by atoms with Crippen LogP contribution in [0.2, 0.25) is 0 Å². The van der Waals surface area contributed by atoms with Gasteiger partial charge in [-0.05, 0) is 55.0 Å². The van der Waals surface area contributed by atoms with Crippen LogP contribution in [-0.2, 0) is 20.7 Å². The monoisotopic (exact) mass is 308 g/mol. The lowest BCUT2D eigenvalue weighted by Crippen LogP contribution is -2.28. The Bertz CT molecular complexity index is 769. The van der Waals surface area contributed by atoms with Crippen molar-refractivity contribution >= 4 is 12.3 Å². The maximum atomic E-state index is 12.4. The van der Waals surface area contributed by atoms with Gasteiger partial charge in [0.15, 0.2) is 0 Å². The van der Waals surface area contributed by atoms with E-state index in [0.29, 0.717) is 6.29 Å². The molecular formula is C20H20O3. The Morgan fingerprint density at radius 2 is 1.78 bits per heavy atom. The Morgan fingerprint density at radius 1 is 1.09 bits per heavy atom. The highest BCUT2D eigenvalue weighted by Crippen LogP contribution is 2.40. The first-order valence-electron chi connectivity index (χ1n) is 7.79. The van der Waals surface area contributed by atoms with E-state index in [1.807, 2.05) is 30.3 Å². The summed E-state index contributed by atoms with van der Waals surface area (Å²) in [7, 11) is 0. The molecule has 0 N–H and O–H groups in total. The number of rotatable bonds is 3. The molecule has 1 atom stereocenters. The molecule has 0 saturated carbocycles. The van der Waals surface area contributed by atoms with Crippen molar-refractivity contribution in [3.63, 3.8) is 0 Å². The summed E-state index contributed by atoms with van der Waals surface area (Å²) in [5, 5.41) is 0. The highest BCUT2D eigenvalue weighted by Gasteiger charge is 2.31. The lowest BCUT2D eigenvalue weighted by Gasteiger charge is -2.22. The van der Waals surface area contributed by atoms with Crippen molar-refractivity contribution in [2.45, 2.75) is 38.7 Å². The van der Waals surface area contributed by atoms with E-state index in [4.69, 9.17) is 4.74 Å². The van der Waals surface area contributed by atoms with Crippen LogP contribution < -0.4 is 0 Å². The highest BCUT2D eigenvalue weighted by molar-refractivity contribution is 5.96. The third-order valence-electron chi connectivity index (χ3n) is 4.02. The molecule has 0 amide bonds. The zero-order chi connectivity index (χ0) is 16.6. The van der Waals surface area contributed by atoms with Gasteiger partial charge in [0.05, 0.1) is 0 Å². The molecular weight excluding hydrogens is 288 g/mol. The number of esters is 1. The van der Waals surface area contributed by atoms with Gasteiger partial charge in [0.2, 0.25) is 0 Å². The smallest absolute Gasteiger partial charge is 0.321 e. The molecule has 1 aliphatic carbocycles. The van der Waals surface area contributed by atoms with Gasteiger partial charge >= 0.3 is 5.97 Å². The third kappa shape index (κ3) is 2.91. The van der Waals surface area contributed by atoms with Crippen molar-refractivity contribution in [1.29, 1.82) is 0 Å². The summed E-state index contributed by atoms with van der Waals surface area (Å²) in [6.45, 7) is 5.41. The van der Waals surface area contributed by atoms with Crippen LogP contribution in [0.1, 0.15) is 43.4 Å². The van der Waals surface area contributed by atoms with Crippen molar-refractivity contribution in [2.75, 3.05) is 0 Å². The second-order valence-corrected chi connectivity index (χ2v) is 6.85. The standard InChI is InChI=1S/C20H20O3/c1-20(2,3)23-19(22)18(12-21)16-10-6-9-15-14-8-5-4-7-13(14)11-17(15)16/h4-10,12,18H,11H2,1-3H3. The molecule has 2 aromatic rings. The molecule has 1 aliphatic rings. The Hall–Kier alpha value is -2.42. The minimum Gasteiger partial charge on any atom is -0.459 e. The van der Waals surface area contributed by atoms with Crippen molar-refractivity contribution in [2.24, 2.45) is 0 Å². The van der Waals surface area contributed by atoms with Crippen LogP contribution in [0.15, 0.2) is 42.5 Å². The molecule has 0 saturated heterocycles. The van der Waals surface area contributed by atoms with Crippen molar-refractivity contribution < 1.29 is 14.3 Å². The summed E-state index contributed by atoms with van der Waals surface area (Å²) < 4.78 is 5.41. The van der Waals surface area contributed by atoms with Gasteiger partial charge in [-0.3, -0.25) is 4.79 Å². The van der Waals surface area contributed by atoms with E-state index in [-0.39, 0.29) is 0 Å². The molecule has 3 heteroatoms. The van der Waals surface area contributed by atoms with Crippen LogP contribution in [-0.4, -0.2) is 17.9 Å². The van der Waals surface area contributed by atoms with Gasteiger partial charge in [0.1, 0.15) is 17.8 Å². The zero-order valence-electron chi connectivity index (χ0n) is 13.6. The second kappa shape index (κ2) is 5.65. The van der Waals surface area contributed by atoms with Gasteiger partial charge in [0, 0.05) is 0 Å². The molecule has 0 spiro atoms. The van der Waals surface area contributed by atoms with Gasteiger partial charge in [-0.2, -0.15) is 0 Å². The van der Waals surface area contributed by atoms with Gasteiger partial charge < -0.3 is 9.53 Å². The van der Waals surface area contributed by atoms with Crippen molar-refractivity contribution in [3.05, 3.63) is 59.2 Å². The van der Waals surface area contributed by atoms with Crippen molar-refractivity contribution in [1.82, 2.24) is 0 Å². The van der Waals surface area contributed by atoms with Gasteiger partial charge in [-0.1, -0.05) is 42.5 Å². The van der Waals surface area contributed by atoms with Crippen LogP contribution in [0, 0.1) is 0 Å². The van der Waals surface area contributed by atoms with Gasteiger partial charge in [0.25, 0.3) is 0 Å². The van der Waals surface area contributed by atoms with Crippen LogP contribution in [0.5, 0.6) is 0 Å². The normalized spacial score (nSPS) is 13.9. The van der Waals surface area contributed by atoms with E-state index in [9.17, 15) is 9.59 Å². The first kappa shape index (κ1) is 15.5. The molecule has 3 rings (SSSR count). The molecule has 118 valence electrons. The number of carbonyl (C=O) groups is 2. The molecule has 0 radical (unpaired) electrons. The first-order chi connectivity index (χ1) is 10.9. The largest absolute Gasteiger partial charge is 0.459 e. The third-order valence-corrected chi connectivity index (χ3v) is 4.02. The predicted octanol–water partition coefficient (Wildman–Crippen LogP) is 3.88. The minimum atomic E-state index is -0.876. The van der Waals surface area contributed by atoms with Crippen LogP contribution in [0.4, 0.5) is 0 Å². The Labute approximate surface area is 136 Å². The average molecular weight is 308 g/mol. The fourth-order valence-electron chi connectivity index (χ4n) is 3.09. The lowest BCUT2D eigenvalue weighted by atomic mass is 9.92. The van der Waals surface area contributed by atoms with E-state index in [1.165, 1.54) is 11.1 Å². The Balaban J connectivity index is 2.02. The van der Waals surface area contributed by atoms with Gasteiger partial charge in [-0.25, -0.2) is 0 Å². The fraction of sp³-hybridized carbons (Fsp3) is 0.300. The number of benzene rings is 2. The summed E-state index contributed by atoms with van der Waals surface area (Å²) in [5.41, 5.74) is 4.70. The topological polar surface area (TPSA) is 43.4 Å². The fourth-order valence-corrected chi connectivity index (χ4v) is 3.09. The van der Waals surface area contributed by atoms with E-state index >= 15 is 0 Å². The van der Waals surface area contributed by atoms with E-state index < -0.39 is 17.5 Å². The molecule has 0 fully saturated rings. The summed E-state index contributed by atoms with van der Waals surface area (Å²) >= 11 is 0. The van der Waals surface area contributed by atoms with Crippen LogP contribution in [0.3, 0.4) is 0 Å². The molecule has 0 bridgehead atoms. The Kier molecular flexibility index (Phi) is 3.80. The number of carbonyl (C=O) groups excluding carboxylic acids is 2. The zero-order valence-corrected chi connectivity index (χ0v) is 13.6. The summed E-state index contributed by atoms with van der Waals surface area (Å²) in [6.07, 6.45) is 1.43. The van der Waals surface area contributed by atoms with Gasteiger partial charge in [-0.15, -0.1) is 0 Å². The molecule has 0 aliphatic heterocycles. The van der Waals surface area contributed by atoms with E-state index in [1.54, 1.807) is 20.8 Å². The first-order valence-corrected chi connectivity index (χ1v) is 7.79.